The third-order valence-electron chi connectivity index (χ3n) is 1.77. The average molecular weight is 166 g/mol. The van der Waals surface area contributed by atoms with Crippen LogP contribution in [0.25, 0.3) is 0 Å². The van der Waals surface area contributed by atoms with Crippen molar-refractivity contribution in [1.29, 1.82) is 5.41 Å². The monoisotopic (exact) mass is 166 g/mol. The number of hydrogen-bond acceptors (Lipinski definition) is 2. The number of dihydropyridines is 1. The van der Waals surface area contributed by atoms with Crippen LogP contribution in [0.2, 0.25) is 0 Å². The Hall–Kier alpha value is -1.12. The van der Waals surface area contributed by atoms with Crippen molar-refractivity contribution in [3.63, 3.8) is 0 Å². The van der Waals surface area contributed by atoms with Crippen LogP contribution in [0.1, 0.15) is 27.2 Å². The number of aliphatic imine (C=N–C) groups is 1. The first-order valence-corrected chi connectivity index (χ1v) is 3.96. The average Bonchev–Trinajstić information content (AvgIpc) is 1.82. The third kappa shape index (κ3) is 1.94. The van der Waals surface area contributed by atoms with Gasteiger partial charge in [0.05, 0.1) is 0 Å². The van der Waals surface area contributed by atoms with Crippen molar-refractivity contribution < 1.29 is 5.11 Å². The molecule has 0 bridgehead atoms. The Morgan fingerprint density at radius 2 is 2.08 bits per heavy atom. The fourth-order valence-electron chi connectivity index (χ4n) is 1.03. The zero-order valence-corrected chi connectivity index (χ0v) is 7.68. The molecule has 1 aliphatic heterocycles. The first-order valence-electron chi connectivity index (χ1n) is 3.96. The van der Waals surface area contributed by atoms with Crippen molar-refractivity contribution in [3.05, 3.63) is 11.8 Å². The van der Waals surface area contributed by atoms with Crippen LogP contribution in [0.3, 0.4) is 0 Å². The summed E-state index contributed by atoms with van der Waals surface area (Å²) < 4.78 is 0. The third-order valence-corrected chi connectivity index (χ3v) is 1.77. The maximum absolute atomic E-state index is 9.25. The lowest BCUT2D eigenvalue weighted by Gasteiger charge is -2.23. The van der Waals surface area contributed by atoms with E-state index in [1.54, 1.807) is 0 Å². The van der Waals surface area contributed by atoms with E-state index in [9.17, 15) is 5.11 Å². The van der Waals surface area contributed by atoms with E-state index in [-0.39, 0.29) is 17.0 Å². The van der Waals surface area contributed by atoms with Gasteiger partial charge in [0.25, 0.3) is 0 Å². The molecular weight excluding hydrogens is 152 g/mol. The molecule has 0 aromatic heterocycles. The molecule has 0 amide bonds. The number of hydrogen-bond donors (Lipinski definition) is 2. The molecule has 66 valence electrons. The molecule has 0 spiro atoms. The molecule has 0 aromatic rings. The van der Waals surface area contributed by atoms with Gasteiger partial charge in [-0.25, -0.2) is 4.99 Å². The number of aliphatic hydroxyl groups excluding tert-OH is 1. The maximum atomic E-state index is 9.25. The quantitative estimate of drug-likeness (QED) is 0.570. The van der Waals surface area contributed by atoms with Gasteiger partial charge in [-0.05, 0) is 0 Å². The molecule has 1 aliphatic rings. The molecule has 0 saturated heterocycles. The maximum Gasteiger partial charge on any atom is 0.147 e. The number of nitrogens with zero attached hydrogens (tertiary/aromatic N) is 1. The van der Waals surface area contributed by atoms with Gasteiger partial charge >= 0.3 is 0 Å². The molecule has 0 atom stereocenters. The highest BCUT2D eigenvalue weighted by atomic mass is 16.3. The zero-order valence-electron chi connectivity index (χ0n) is 7.68. The molecule has 3 nitrogen and oxygen atoms in total. The second-order valence-corrected chi connectivity index (χ2v) is 4.01. The van der Waals surface area contributed by atoms with Crippen LogP contribution in [-0.4, -0.2) is 16.7 Å². The Morgan fingerprint density at radius 1 is 1.50 bits per heavy atom. The second-order valence-electron chi connectivity index (χ2n) is 4.01. The zero-order chi connectivity index (χ0) is 9.35. The van der Waals surface area contributed by atoms with E-state index in [1.807, 2.05) is 20.8 Å². The Balaban J connectivity index is 2.90. The summed E-state index contributed by atoms with van der Waals surface area (Å²) in [6, 6.07) is 0. The summed E-state index contributed by atoms with van der Waals surface area (Å²) in [4.78, 5) is 4.07. The standard InChI is InChI=1S/C9H14N2O/c1-9(2,3)7-4-6(12)5-8(10)11-7/h5,10,12H,4H2,1-3H3. The Bertz CT molecular complexity index is 269. The number of rotatable bonds is 0. The van der Waals surface area contributed by atoms with Crippen molar-refractivity contribution in [2.24, 2.45) is 10.4 Å². The SMILES string of the molecule is CC(C)(C)C1=NC(=N)C=C(O)C1. The fraction of sp³-hybridized carbons (Fsp3) is 0.556. The van der Waals surface area contributed by atoms with Gasteiger partial charge in [0.2, 0.25) is 0 Å². The molecule has 1 heterocycles. The van der Waals surface area contributed by atoms with E-state index in [2.05, 4.69) is 4.99 Å². The van der Waals surface area contributed by atoms with E-state index in [0.717, 1.165) is 5.71 Å². The van der Waals surface area contributed by atoms with E-state index < -0.39 is 0 Å². The summed E-state index contributed by atoms with van der Waals surface area (Å²) in [5.41, 5.74) is 0.807. The molecule has 0 radical (unpaired) electrons. The number of aliphatic hydroxyl groups is 1. The van der Waals surface area contributed by atoms with Crippen LogP contribution in [0, 0.1) is 10.8 Å². The first kappa shape index (κ1) is 8.97. The van der Waals surface area contributed by atoms with Gasteiger partial charge in [-0.1, -0.05) is 20.8 Å². The van der Waals surface area contributed by atoms with Crippen LogP contribution in [0.5, 0.6) is 0 Å². The van der Waals surface area contributed by atoms with Gasteiger partial charge in [0.15, 0.2) is 0 Å². The van der Waals surface area contributed by atoms with Gasteiger partial charge in [-0.2, -0.15) is 0 Å². The fourth-order valence-corrected chi connectivity index (χ4v) is 1.03. The Kier molecular flexibility index (Phi) is 2.04. The number of allylic oxidation sites excluding steroid dienone is 1. The van der Waals surface area contributed by atoms with Crippen LogP contribution in [-0.2, 0) is 0 Å². The van der Waals surface area contributed by atoms with Gasteiger partial charge in [0, 0.05) is 23.6 Å². The molecule has 1 rings (SSSR count). The highest BCUT2D eigenvalue weighted by molar-refractivity contribution is 6.07. The van der Waals surface area contributed by atoms with Crippen molar-refractivity contribution in [1.82, 2.24) is 0 Å². The van der Waals surface area contributed by atoms with E-state index >= 15 is 0 Å². The molecule has 0 saturated carbocycles. The minimum absolute atomic E-state index is 0.0610. The summed E-state index contributed by atoms with van der Waals surface area (Å²) in [6.07, 6.45) is 1.86. The Labute approximate surface area is 72.3 Å². The summed E-state index contributed by atoms with van der Waals surface area (Å²) in [7, 11) is 0. The van der Waals surface area contributed by atoms with Gasteiger partial charge in [0.1, 0.15) is 11.6 Å². The molecule has 0 unspecified atom stereocenters. The minimum atomic E-state index is -0.0610. The molecule has 12 heavy (non-hydrogen) atoms. The van der Waals surface area contributed by atoms with E-state index in [4.69, 9.17) is 5.41 Å². The highest BCUT2D eigenvalue weighted by Crippen LogP contribution is 2.23. The van der Waals surface area contributed by atoms with Crippen molar-refractivity contribution in [3.8, 4) is 0 Å². The number of amidine groups is 1. The van der Waals surface area contributed by atoms with Crippen LogP contribution in [0.4, 0.5) is 0 Å². The molecule has 0 aliphatic carbocycles. The largest absolute Gasteiger partial charge is 0.512 e. The summed E-state index contributed by atoms with van der Waals surface area (Å²) in [5.74, 6) is 0.378. The lowest BCUT2D eigenvalue weighted by Crippen LogP contribution is -2.24. The lowest BCUT2D eigenvalue weighted by molar-refractivity contribution is 0.399. The van der Waals surface area contributed by atoms with Gasteiger partial charge in [-0.15, -0.1) is 0 Å². The second kappa shape index (κ2) is 2.73. The molecule has 3 heteroatoms. The smallest absolute Gasteiger partial charge is 0.147 e. The minimum Gasteiger partial charge on any atom is -0.512 e. The van der Waals surface area contributed by atoms with Crippen molar-refractivity contribution in [2.45, 2.75) is 27.2 Å². The van der Waals surface area contributed by atoms with E-state index in [0.29, 0.717) is 6.42 Å². The van der Waals surface area contributed by atoms with E-state index in [1.165, 1.54) is 6.08 Å². The molecule has 0 aromatic carbocycles. The molecule has 0 fully saturated rings. The molecular formula is C9H14N2O. The van der Waals surface area contributed by atoms with Crippen molar-refractivity contribution in [2.75, 3.05) is 0 Å². The van der Waals surface area contributed by atoms with Gasteiger partial charge < -0.3 is 5.11 Å². The predicted molar refractivity (Wildman–Crippen MR) is 49.9 cm³/mol. The van der Waals surface area contributed by atoms with Crippen molar-refractivity contribution >= 4 is 11.5 Å². The normalized spacial score (nSPS) is 18.8. The van der Waals surface area contributed by atoms with Crippen LogP contribution >= 0.6 is 0 Å². The number of nitrogens with one attached hydrogen (secondary N) is 1. The summed E-state index contributed by atoms with van der Waals surface area (Å²) in [6.45, 7) is 6.08. The first-order chi connectivity index (χ1) is 5.39. The molecule has 2 N–H and O–H groups in total. The highest BCUT2D eigenvalue weighted by Gasteiger charge is 2.22. The predicted octanol–water partition coefficient (Wildman–Crippen LogP) is 2.30. The lowest BCUT2D eigenvalue weighted by atomic mass is 9.86. The van der Waals surface area contributed by atoms with Crippen LogP contribution in [0.15, 0.2) is 16.8 Å². The topological polar surface area (TPSA) is 56.4 Å². The van der Waals surface area contributed by atoms with Crippen LogP contribution < -0.4 is 0 Å². The summed E-state index contributed by atoms with van der Waals surface area (Å²) in [5, 5.41) is 16.6. The summed E-state index contributed by atoms with van der Waals surface area (Å²) >= 11 is 0. The Morgan fingerprint density at radius 3 is 2.50 bits per heavy atom. The van der Waals surface area contributed by atoms with Gasteiger partial charge in [-0.3, -0.25) is 5.41 Å².